The minimum atomic E-state index is -1.39. The van der Waals surface area contributed by atoms with Crippen LogP contribution in [0.2, 0.25) is 5.02 Å². The van der Waals surface area contributed by atoms with Gasteiger partial charge < -0.3 is 0 Å². The average Bonchev–Trinajstić information content (AvgIpc) is 2.03. The van der Waals surface area contributed by atoms with E-state index in [1.807, 2.05) is 0 Å². The van der Waals surface area contributed by atoms with Crippen LogP contribution in [0, 0.1) is 0 Å². The van der Waals surface area contributed by atoms with E-state index in [9.17, 15) is 4.21 Å². The molecule has 0 aliphatic heterocycles. The molecular formula is C7H7ClO2S. The first-order valence-electron chi connectivity index (χ1n) is 2.96. The van der Waals surface area contributed by atoms with E-state index in [2.05, 4.69) is 4.18 Å². The van der Waals surface area contributed by atoms with Gasteiger partial charge in [0, 0.05) is 5.02 Å². The van der Waals surface area contributed by atoms with Crippen molar-refractivity contribution in [3.63, 3.8) is 0 Å². The normalized spacial score (nSPS) is 12.9. The van der Waals surface area contributed by atoms with E-state index < -0.39 is 11.1 Å². The van der Waals surface area contributed by atoms with E-state index in [0.29, 0.717) is 9.92 Å². The van der Waals surface area contributed by atoms with Crippen LogP contribution >= 0.6 is 11.6 Å². The second-order valence-corrected chi connectivity index (χ2v) is 3.57. The van der Waals surface area contributed by atoms with E-state index in [-0.39, 0.29) is 0 Å². The maximum atomic E-state index is 11.0. The van der Waals surface area contributed by atoms with Crippen molar-refractivity contribution in [1.29, 1.82) is 0 Å². The summed E-state index contributed by atoms with van der Waals surface area (Å²) < 4.78 is 15.6. The molecule has 0 spiro atoms. The topological polar surface area (TPSA) is 26.3 Å². The van der Waals surface area contributed by atoms with Crippen molar-refractivity contribution in [3.05, 3.63) is 29.3 Å². The molecule has 0 radical (unpaired) electrons. The standard InChI is InChI=1S/C7H7ClO2S/c1-10-11(9)7-4-2-3-6(8)5-7/h2-5H,1H3. The SMILES string of the molecule is COS(=O)c1cccc(Cl)c1. The Bertz CT molecular complexity index is 275. The fourth-order valence-electron chi connectivity index (χ4n) is 0.667. The van der Waals surface area contributed by atoms with Crippen LogP contribution in [0.1, 0.15) is 0 Å². The van der Waals surface area contributed by atoms with Crippen LogP contribution in [0.4, 0.5) is 0 Å². The lowest BCUT2D eigenvalue weighted by Gasteiger charge is -1.97. The molecule has 0 fully saturated rings. The summed E-state index contributed by atoms with van der Waals surface area (Å²) in [6.07, 6.45) is 0. The third kappa shape index (κ3) is 2.29. The monoisotopic (exact) mass is 190 g/mol. The Morgan fingerprint density at radius 2 is 2.27 bits per heavy atom. The molecule has 0 amide bonds. The van der Waals surface area contributed by atoms with Gasteiger partial charge in [-0.15, -0.1) is 0 Å². The van der Waals surface area contributed by atoms with Gasteiger partial charge in [0.15, 0.2) is 11.1 Å². The van der Waals surface area contributed by atoms with Gasteiger partial charge in [-0.25, -0.2) is 4.21 Å². The number of rotatable bonds is 2. The minimum absolute atomic E-state index is 0.563. The van der Waals surface area contributed by atoms with E-state index in [1.165, 1.54) is 7.11 Å². The minimum Gasteiger partial charge on any atom is -0.290 e. The molecule has 0 saturated carbocycles. The molecular weight excluding hydrogens is 184 g/mol. The Labute approximate surface area is 72.8 Å². The van der Waals surface area contributed by atoms with Crippen LogP contribution in [-0.2, 0) is 15.3 Å². The summed E-state index contributed by atoms with van der Waals surface area (Å²) in [5.74, 6) is 0. The van der Waals surface area contributed by atoms with Gasteiger partial charge in [-0.2, -0.15) is 0 Å². The van der Waals surface area contributed by atoms with Crippen molar-refractivity contribution in [1.82, 2.24) is 0 Å². The molecule has 0 heterocycles. The highest BCUT2D eigenvalue weighted by Crippen LogP contribution is 2.13. The third-order valence-electron chi connectivity index (χ3n) is 1.14. The Morgan fingerprint density at radius 3 is 2.82 bits per heavy atom. The Morgan fingerprint density at radius 1 is 1.55 bits per heavy atom. The van der Waals surface area contributed by atoms with Crippen LogP contribution in [-0.4, -0.2) is 11.3 Å². The van der Waals surface area contributed by atoms with Gasteiger partial charge in [-0.3, -0.25) is 4.18 Å². The highest BCUT2D eigenvalue weighted by molar-refractivity contribution is 7.80. The van der Waals surface area contributed by atoms with E-state index in [4.69, 9.17) is 11.6 Å². The molecule has 0 saturated heterocycles. The molecule has 11 heavy (non-hydrogen) atoms. The fraction of sp³-hybridized carbons (Fsp3) is 0.143. The first-order chi connectivity index (χ1) is 5.24. The zero-order chi connectivity index (χ0) is 8.27. The second-order valence-electron chi connectivity index (χ2n) is 1.86. The van der Waals surface area contributed by atoms with Gasteiger partial charge in [0.25, 0.3) is 0 Å². The Kier molecular flexibility index (Phi) is 3.05. The molecule has 1 aromatic carbocycles. The summed E-state index contributed by atoms with van der Waals surface area (Å²) in [4.78, 5) is 0.583. The molecule has 60 valence electrons. The molecule has 1 unspecified atom stereocenters. The quantitative estimate of drug-likeness (QED) is 0.713. The van der Waals surface area contributed by atoms with Gasteiger partial charge in [0.2, 0.25) is 0 Å². The number of benzene rings is 1. The van der Waals surface area contributed by atoms with Crippen LogP contribution in [0.3, 0.4) is 0 Å². The molecule has 0 aromatic heterocycles. The van der Waals surface area contributed by atoms with E-state index in [0.717, 1.165) is 0 Å². The molecule has 2 nitrogen and oxygen atoms in total. The van der Waals surface area contributed by atoms with Crippen molar-refractivity contribution in [2.45, 2.75) is 4.90 Å². The molecule has 0 bridgehead atoms. The predicted octanol–water partition coefficient (Wildman–Crippen LogP) is 2.01. The van der Waals surface area contributed by atoms with Crippen LogP contribution in [0.25, 0.3) is 0 Å². The maximum absolute atomic E-state index is 11.0. The Balaban J connectivity index is 2.96. The van der Waals surface area contributed by atoms with Crippen molar-refractivity contribution in [2.24, 2.45) is 0 Å². The van der Waals surface area contributed by atoms with Gasteiger partial charge >= 0.3 is 0 Å². The zero-order valence-electron chi connectivity index (χ0n) is 5.91. The Hall–Kier alpha value is -0.380. The van der Waals surface area contributed by atoms with Crippen molar-refractivity contribution < 1.29 is 8.39 Å². The third-order valence-corrected chi connectivity index (χ3v) is 2.32. The summed E-state index contributed by atoms with van der Waals surface area (Å²) in [7, 11) is 1.39. The van der Waals surface area contributed by atoms with Crippen molar-refractivity contribution in [2.75, 3.05) is 7.11 Å². The van der Waals surface area contributed by atoms with Crippen LogP contribution < -0.4 is 0 Å². The first kappa shape index (κ1) is 8.71. The lowest BCUT2D eigenvalue weighted by atomic mass is 10.4. The van der Waals surface area contributed by atoms with Gasteiger partial charge in [-0.1, -0.05) is 17.7 Å². The summed E-state index contributed by atoms with van der Waals surface area (Å²) in [6, 6.07) is 6.76. The number of hydrogen-bond acceptors (Lipinski definition) is 2. The number of halogens is 1. The zero-order valence-corrected chi connectivity index (χ0v) is 7.48. The smallest absolute Gasteiger partial charge is 0.188 e. The largest absolute Gasteiger partial charge is 0.290 e. The highest BCUT2D eigenvalue weighted by Gasteiger charge is 2.00. The predicted molar refractivity (Wildman–Crippen MR) is 44.9 cm³/mol. The van der Waals surface area contributed by atoms with Crippen molar-refractivity contribution >= 4 is 22.7 Å². The number of hydrogen-bond donors (Lipinski definition) is 0. The maximum Gasteiger partial charge on any atom is 0.188 e. The molecule has 1 aromatic rings. The van der Waals surface area contributed by atoms with E-state index >= 15 is 0 Å². The summed E-state index contributed by atoms with van der Waals surface area (Å²) in [5.41, 5.74) is 0. The van der Waals surface area contributed by atoms with Crippen molar-refractivity contribution in [3.8, 4) is 0 Å². The molecule has 0 N–H and O–H groups in total. The first-order valence-corrected chi connectivity index (χ1v) is 4.41. The van der Waals surface area contributed by atoms with Crippen LogP contribution in [0.5, 0.6) is 0 Å². The second kappa shape index (κ2) is 3.85. The molecule has 1 atom stereocenters. The summed E-state index contributed by atoms with van der Waals surface area (Å²) >= 11 is 4.27. The average molecular weight is 191 g/mol. The molecule has 0 aliphatic rings. The van der Waals surface area contributed by atoms with Gasteiger partial charge in [-0.05, 0) is 18.2 Å². The molecule has 1 rings (SSSR count). The van der Waals surface area contributed by atoms with Gasteiger partial charge in [0.05, 0.1) is 12.0 Å². The molecule has 0 aliphatic carbocycles. The van der Waals surface area contributed by atoms with Gasteiger partial charge in [0.1, 0.15) is 0 Å². The van der Waals surface area contributed by atoms with E-state index in [1.54, 1.807) is 24.3 Å². The highest BCUT2D eigenvalue weighted by atomic mass is 35.5. The van der Waals surface area contributed by atoms with Crippen LogP contribution in [0.15, 0.2) is 29.2 Å². The lowest BCUT2D eigenvalue weighted by Crippen LogP contribution is -1.91. The summed E-state index contributed by atoms with van der Waals surface area (Å²) in [6.45, 7) is 0. The summed E-state index contributed by atoms with van der Waals surface area (Å²) in [5, 5.41) is 0.563. The molecule has 4 heteroatoms. The fourth-order valence-corrected chi connectivity index (χ4v) is 1.53. The lowest BCUT2D eigenvalue weighted by molar-refractivity contribution is 0.446.